The summed E-state index contributed by atoms with van der Waals surface area (Å²) in [6.45, 7) is 0. The van der Waals surface area contributed by atoms with Gasteiger partial charge in [-0.05, 0) is 36.4 Å². The van der Waals surface area contributed by atoms with Gasteiger partial charge in [0.05, 0.1) is 22.7 Å². The summed E-state index contributed by atoms with van der Waals surface area (Å²) in [5, 5.41) is 11.7. The van der Waals surface area contributed by atoms with Gasteiger partial charge in [0.25, 0.3) is 5.56 Å². The molecule has 0 fully saturated rings. The lowest BCUT2D eigenvalue weighted by molar-refractivity contribution is 1.21. The summed E-state index contributed by atoms with van der Waals surface area (Å²) in [6.07, 6.45) is 0. The van der Waals surface area contributed by atoms with Gasteiger partial charge in [-0.1, -0.05) is 12.1 Å². The molecular weight excluding hydrogens is 252 g/mol. The molecule has 1 heterocycles. The highest BCUT2D eigenvalue weighted by molar-refractivity contribution is 5.76. The fourth-order valence-corrected chi connectivity index (χ4v) is 1.88. The number of nitrogens with zero attached hydrogens (tertiary/aromatic N) is 2. The van der Waals surface area contributed by atoms with E-state index in [2.05, 4.69) is 15.3 Å². The Hall–Kier alpha value is -3.13. The van der Waals surface area contributed by atoms with E-state index in [0.29, 0.717) is 22.3 Å². The summed E-state index contributed by atoms with van der Waals surface area (Å²) in [7, 11) is 0. The second-order valence-electron chi connectivity index (χ2n) is 4.25. The van der Waals surface area contributed by atoms with Crippen LogP contribution in [0.5, 0.6) is 0 Å². The second-order valence-corrected chi connectivity index (χ2v) is 4.25. The largest absolute Gasteiger partial charge is 0.336 e. The summed E-state index contributed by atoms with van der Waals surface area (Å²) in [5.74, 6) is 0.230. The molecule has 0 aliphatic rings. The van der Waals surface area contributed by atoms with Crippen LogP contribution < -0.4 is 10.9 Å². The van der Waals surface area contributed by atoms with E-state index in [1.54, 1.807) is 30.3 Å². The third-order valence-corrected chi connectivity index (χ3v) is 2.88. The van der Waals surface area contributed by atoms with Crippen molar-refractivity contribution in [3.63, 3.8) is 0 Å². The summed E-state index contributed by atoms with van der Waals surface area (Å²) in [4.78, 5) is 19.0. The molecule has 0 amide bonds. The third kappa shape index (κ3) is 2.22. The van der Waals surface area contributed by atoms with Crippen LogP contribution >= 0.6 is 0 Å². The van der Waals surface area contributed by atoms with Crippen LogP contribution in [0, 0.1) is 11.3 Å². The zero-order valence-electron chi connectivity index (χ0n) is 10.4. The van der Waals surface area contributed by atoms with E-state index in [-0.39, 0.29) is 11.4 Å². The molecule has 0 saturated heterocycles. The SMILES string of the molecule is N#Cc1ccc(Nc2nc3ccccc3[nH]c2=O)cc1. The summed E-state index contributed by atoms with van der Waals surface area (Å²) >= 11 is 0. The number of hydrogen-bond acceptors (Lipinski definition) is 4. The van der Waals surface area contributed by atoms with Gasteiger partial charge in [0.1, 0.15) is 0 Å². The van der Waals surface area contributed by atoms with Crippen LogP contribution in [-0.4, -0.2) is 9.97 Å². The Kier molecular flexibility index (Phi) is 2.90. The van der Waals surface area contributed by atoms with E-state index in [0.717, 1.165) is 0 Å². The van der Waals surface area contributed by atoms with E-state index in [4.69, 9.17) is 5.26 Å². The molecule has 3 aromatic rings. The first kappa shape index (κ1) is 11.9. The molecule has 0 aliphatic heterocycles. The molecular formula is C15H10N4O. The van der Waals surface area contributed by atoms with Gasteiger partial charge in [-0.25, -0.2) is 4.98 Å². The molecule has 5 nitrogen and oxygen atoms in total. The quantitative estimate of drug-likeness (QED) is 0.743. The predicted octanol–water partition coefficient (Wildman–Crippen LogP) is 2.54. The number of benzene rings is 2. The first-order chi connectivity index (χ1) is 9.76. The number of hydrogen-bond donors (Lipinski definition) is 2. The van der Waals surface area contributed by atoms with Crippen molar-refractivity contribution in [3.8, 4) is 6.07 Å². The molecule has 0 atom stereocenters. The lowest BCUT2D eigenvalue weighted by Crippen LogP contribution is -2.13. The number of rotatable bonds is 2. The smallest absolute Gasteiger partial charge is 0.291 e. The van der Waals surface area contributed by atoms with Crippen molar-refractivity contribution in [1.82, 2.24) is 9.97 Å². The number of H-pyrrole nitrogens is 1. The fraction of sp³-hybridized carbons (Fsp3) is 0. The van der Waals surface area contributed by atoms with Gasteiger partial charge in [0.2, 0.25) is 0 Å². The van der Waals surface area contributed by atoms with Crippen molar-refractivity contribution in [1.29, 1.82) is 5.26 Å². The van der Waals surface area contributed by atoms with Crippen molar-refractivity contribution >= 4 is 22.5 Å². The number of aromatic amines is 1. The summed E-state index contributed by atoms with van der Waals surface area (Å²) in [6, 6.07) is 16.2. The molecule has 0 unspecified atom stereocenters. The molecule has 20 heavy (non-hydrogen) atoms. The summed E-state index contributed by atoms with van der Waals surface area (Å²) < 4.78 is 0. The van der Waals surface area contributed by atoms with E-state index in [1.165, 1.54) is 0 Å². The lowest BCUT2D eigenvalue weighted by atomic mass is 10.2. The average Bonchev–Trinajstić information content (AvgIpc) is 2.49. The Morgan fingerprint density at radius 2 is 1.85 bits per heavy atom. The van der Waals surface area contributed by atoms with Crippen LogP contribution in [0.2, 0.25) is 0 Å². The maximum Gasteiger partial charge on any atom is 0.291 e. The van der Waals surface area contributed by atoms with Crippen molar-refractivity contribution in [2.75, 3.05) is 5.32 Å². The van der Waals surface area contributed by atoms with Crippen molar-refractivity contribution in [3.05, 3.63) is 64.4 Å². The first-order valence-corrected chi connectivity index (χ1v) is 6.02. The minimum atomic E-state index is -0.284. The highest BCUT2D eigenvalue weighted by Gasteiger charge is 2.04. The second kappa shape index (κ2) is 4.86. The molecule has 1 aromatic heterocycles. The van der Waals surface area contributed by atoms with E-state index < -0.39 is 0 Å². The van der Waals surface area contributed by atoms with Crippen LogP contribution in [0.25, 0.3) is 11.0 Å². The van der Waals surface area contributed by atoms with E-state index in [9.17, 15) is 4.79 Å². The van der Waals surface area contributed by atoms with Gasteiger partial charge in [-0.3, -0.25) is 4.79 Å². The normalized spacial score (nSPS) is 10.2. The average molecular weight is 262 g/mol. The minimum Gasteiger partial charge on any atom is -0.336 e. The number of para-hydroxylation sites is 2. The fourth-order valence-electron chi connectivity index (χ4n) is 1.88. The molecule has 0 radical (unpaired) electrons. The first-order valence-electron chi connectivity index (χ1n) is 6.02. The van der Waals surface area contributed by atoms with Gasteiger partial charge >= 0.3 is 0 Å². The number of anilines is 2. The van der Waals surface area contributed by atoms with Crippen molar-refractivity contribution in [2.24, 2.45) is 0 Å². The number of fused-ring (bicyclic) bond motifs is 1. The highest BCUT2D eigenvalue weighted by atomic mass is 16.1. The molecule has 0 saturated carbocycles. The van der Waals surface area contributed by atoms with Gasteiger partial charge in [-0.15, -0.1) is 0 Å². The van der Waals surface area contributed by atoms with Crippen LogP contribution in [-0.2, 0) is 0 Å². The molecule has 0 spiro atoms. The standard InChI is InChI=1S/C15H10N4O/c16-9-10-5-7-11(8-6-10)17-14-15(20)19-13-4-2-1-3-12(13)18-14/h1-8H,(H,17,18)(H,19,20). The minimum absolute atomic E-state index is 0.230. The molecule has 2 N–H and O–H groups in total. The van der Waals surface area contributed by atoms with Crippen molar-refractivity contribution in [2.45, 2.75) is 0 Å². The third-order valence-electron chi connectivity index (χ3n) is 2.88. The van der Waals surface area contributed by atoms with Gasteiger partial charge in [-0.2, -0.15) is 5.26 Å². The van der Waals surface area contributed by atoms with Crippen LogP contribution in [0.4, 0.5) is 11.5 Å². The summed E-state index contributed by atoms with van der Waals surface area (Å²) in [5.41, 5.74) is 2.40. The Bertz CT molecular complexity index is 859. The molecule has 2 aromatic carbocycles. The molecule has 0 aliphatic carbocycles. The zero-order chi connectivity index (χ0) is 13.9. The van der Waals surface area contributed by atoms with Gasteiger partial charge < -0.3 is 10.3 Å². The molecule has 0 bridgehead atoms. The monoisotopic (exact) mass is 262 g/mol. The number of nitrogens with one attached hydrogen (secondary N) is 2. The van der Waals surface area contributed by atoms with E-state index >= 15 is 0 Å². The number of nitriles is 1. The zero-order valence-corrected chi connectivity index (χ0v) is 10.4. The van der Waals surface area contributed by atoms with Crippen LogP contribution in [0.1, 0.15) is 5.56 Å². The Labute approximate surface area is 114 Å². The lowest BCUT2D eigenvalue weighted by Gasteiger charge is -2.05. The van der Waals surface area contributed by atoms with Crippen molar-refractivity contribution < 1.29 is 0 Å². The highest BCUT2D eigenvalue weighted by Crippen LogP contribution is 2.14. The molecule has 96 valence electrons. The Morgan fingerprint density at radius 1 is 1.10 bits per heavy atom. The number of aromatic nitrogens is 2. The van der Waals surface area contributed by atoms with Gasteiger partial charge in [0, 0.05) is 5.69 Å². The van der Waals surface area contributed by atoms with Crippen LogP contribution in [0.15, 0.2) is 53.3 Å². The Balaban J connectivity index is 1.99. The maximum absolute atomic E-state index is 11.9. The van der Waals surface area contributed by atoms with Gasteiger partial charge in [0.15, 0.2) is 5.82 Å². The topological polar surface area (TPSA) is 81.6 Å². The van der Waals surface area contributed by atoms with E-state index in [1.807, 2.05) is 24.3 Å². The molecule has 3 rings (SSSR count). The van der Waals surface area contributed by atoms with Crippen LogP contribution in [0.3, 0.4) is 0 Å². The Morgan fingerprint density at radius 3 is 2.60 bits per heavy atom. The predicted molar refractivity (Wildman–Crippen MR) is 76.8 cm³/mol. The maximum atomic E-state index is 11.9. The molecule has 5 heteroatoms.